The summed E-state index contributed by atoms with van der Waals surface area (Å²) < 4.78 is 5.30. The second-order valence-electron chi connectivity index (χ2n) is 7.37. The van der Waals surface area contributed by atoms with Gasteiger partial charge in [-0.05, 0) is 43.5 Å². The monoisotopic (exact) mass is 332 g/mol. The summed E-state index contributed by atoms with van der Waals surface area (Å²) in [6, 6.07) is 8.35. The van der Waals surface area contributed by atoms with Crippen molar-refractivity contribution in [1.82, 2.24) is 10.2 Å². The van der Waals surface area contributed by atoms with Crippen molar-refractivity contribution in [3.05, 3.63) is 29.8 Å². The van der Waals surface area contributed by atoms with E-state index in [9.17, 15) is 5.11 Å². The van der Waals surface area contributed by atoms with Gasteiger partial charge in [0.2, 0.25) is 0 Å². The average molecular weight is 332 g/mol. The molecule has 4 heteroatoms. The van der Waals surface area contributed by atoms with Crippen molar-refractivity contribution in [2.45, 2.75) is 50.0 Å². The lowest BCUT2D eigenvalue weighted by Gasteiger charge is -2.41. The number of ether oxygens (including phenoxy) is 1. The molecule has 0 aromatic heterocycles. The lowest BCUT2D eigenvalue weighted by molar-refractivity contribution is -0.0265. The van der Waals surface area contributed by atoms with Crippen LogP contribution in [0.15, 0.2) is 24.3 Å². The molecule has 3 rings (SSSR count). The van der Waals surface area contributed by atoms with Crippen molar-refractivity contribution in [2.24, 2.45) is 0 Å². The van der Waals surface area contributed by atoms with Crippen molar-refractivity contribution in [1.29, 1.82) is 0 Å². The van der Waals surface area contributed by atoms with E-state index in [0.717, 1.165) is 70.6 Å². The molecular formula is C20H32N2O2. The van der Waals surface area contributed by atoms with E-state index in [0.29, 0.717) is 0 Å². The van der Waals surface area contributed by atoms with Crippen LogP contribution < -0.4 is 10.1 Å². The molecule has 0 spiro atoms. The van der Waals surface area contributed by atoms with Crippen LogP contribution in [0.2, 0.25) is 0 Å². The molecule has 1 saturated carbocycles. The second kappa shape index (κ2) is 8.32. The molecule has 0 radical (unpaired) electrons. The van der Waals surface area contributed by atoms with Crippen molar-refractivity contribution >= 4 is 0 Å². The maximum atomic E-state index is 11.4. The van der Waals surface area contributed by atoms with Crippen LogP contribution in [0.1, 0.15) is 50.0 Å². The largest absolute Gasteiger partial charge is 0.497 e. The van der Waals surface area contributed by atoms with Gasteiger partial charge >= 0.3 is 0 Å². The van der Waals surface area contributed by atoms with Crippen LogP contribution >= 0.6 is 0 Å². The van der Waals surface area contributed by atoms with Crippen LogP contribution in [0.5, 0.6) is 5.75 Å². The van der Waals surface area contributed by atoms with E-state index in [1.807, 2.05) is 12.1 Å². The third kappa shape index (κ3) is 4.29. The van der Waals surface area contributed by atoms with Crippen molar-refractivity contribution < 1.29 is 9.84 Å². The minimum Gasteiger partial charge on any atom is -0.497 e. The van der Waals surface area contributed by atoms with Gasteiger partial charge in [-0.25, -0.2) is 0 Å². The van der Waals surface area contributed by atoms with Crippen LogP contribution in [-0.2, 0) is 0 Å². The van der Waals surface area contributed by atoms with Crippen LogP contribution in [0, 0.1) is 0 Å². The zero-order valence-electron chi connectivity index (χ0n) is 15.0. The molecule has 1 aromatic rings. The molecule has 0 bridgehead atoms. The first kappa shape index (κ1) is 17.7. The lowest BCUT2D eigenvalue weighted by atomic mass is 9.71. The topological polar surface area (TPSA) is 44.7 Å². The third-order valence-electron chi connectivity index (χ3n) is 5.83. The van der Waals surface area contributed by atoms with Gasteiger partial charge in [0.05, 0.1) is 12.7 Å². The minimum absolute atomic E-state index is 0.221. The summed E-state index contributed by atoms with van der Waals surface area (Å²) in [7, 11) is 1.70. The molecule has 134 valence electrons. The maximum absolute atomic E-state index is 11.4. The predicted octanol–water partition coefficient (Wildman–Crippen LogP) is 2.77. The number of rotatable bonds is 6. The number of nitrogens with zero attached hydrogens (tertiary/aromatic N) is 1. The molecule has 0 amide bonds. The summed E-state index contributed by atoms with van der Waals surface area (Å²) in [5.74, 6) is 1.11. The normalized spacial score (nSPS) is 22.9. The van der Waals surface area contributed by atoms with Gasteiger partial charge < -0.3 is 20.1 Å². The SMILES string of the molecule is COc1ccc(C(CCN2CCNCC2)C2(O)CCCCC2)cc1. The molecule has 1 aromatic carbocycles. The van der Waals surface area contributed by atoms with Gasteiger partial charge in [-0.1, -0.05) is 31.4 Å². The first-order valence-corrected chi connectivity index (χ1v) is 9.51. The summed E-state index contributed by atoms with van der Waals surface area (Å²) in [5.41, 5.74) is 0.719. The highest BCUT2D eigenvalue weighted by molar-refractivity contribution is 5.31. The highest BCUT2D eigenvalue weighted by Gasteiger charge is 2.38. The van der Waals surface area contributed by atoms with Gasteiger partial charge in [-0.2, -0.15) is 0 Å². The highest BCUT2D eigenvalue weighted by atomic mass is 16.5. The van der Waals surface area contributed by atoms with E-state index in [-0.39, 0.29) is 5.92 Å². The molecule has 1 aliphatic heterocycles. The molecule has 4 nitrogen and oxygen atoms in total. The summed E-state index contributed by atoms with van der Waals surface area (Å²) in [6.45, 7) is 5.47. The van der Waals surface area contributed by atoms with Crippen molar-refractivity contribution in [3.63, 3.8) is 0 Å². The fourth-order valence-corrected chi connectivity index (χ4v) is 4.34. The van der Waals surface area contributed by atoms with Gasteiger partial charge in [0, 0.05) is 32.1 Å². The maximum Gasteiger partial charge on any atom is 0.118 e. The summed E-state index contributed by atoms with van der Waals surface area (Å²) in [6.07, 6.45) is 6.46. The number of hydrogen-bond acceptors (Lipinski definition) is 4. The molecule has 1 unspecified atom stereocenters. The van der Waals surface area contributed by atoms with E-state index in [1.54, 1.807) is 7.11 Å². The summed E-state index contributed by atoms with van der Waals surface area (Å²) in [4.78, 5) is 2.53. The highest BCUT2D eigenvalue weighted by Crippen LogP contribution is 2.42. The Balaban J connectivity index is 1.74. The van der Waals surface area contributed by atoms with E-state index in [4.69, 9.17) is 4.74 Å². The number of methoxy groups -OCH3 is 1. The van der Waals surface area contributed by atoms with Crippen LogP contribution in [0.25, 0.3) is 0 Å². The molecule has 1 heterocycles. The number of hydrogen-bond donors (Lipinski definition) is 2. The molecule has 1 aliphatic carbocycles. The van der Waals surface area contributed by atoms with Crippen LogP contribution in [0.3, 0.4) is 0 Å². The Morgan fingerprint density at radius 2 is 1.79 bits per heavy atom. The number of piperazine rings is 1. The zero-order valence-corrected chi connectivity index (χ0v) is 15.0. The number of benzene rings is 1. The van der Waals surface area contributed by atoms with E-state index >= 15 is 0 Å². The number of aliphatic hydroxyl groups is 1. The first-order valence-electron chi connectivity index (χ1n) is 9.51. The molecule has 24 heavy (non-hydrogen) atoms. The summed E-state index contributed by atoms with van der Waals surface area (Å²) in [5, 5.41) is 14.8. The van der Waals surface area contributed by atoms with Crippen molar-refractivity contribution in [2.75, 3.05) is 39.8 Å². The second-order valence-corrected chi connectivity index (χ2v) is 7.37. The van der Waals surface area contributed by atoms with E-state index in [2.05, 4.69) is 22.3 Å². The predicted molar refractivity (Wildman–Crippen MR) is 97.7 cm³/mol. The van der Waals surface area contributed by atoms with Gasteiger partial charge in [0.1, 0.15) is 5.75 Å². The Bertz CT molecular complexity index is 491. The van der Waals surface area contributed by atoms with Crippen LogP contribution in [0.4, 0.5) is 0 Å². The molecule has 2 aliphatic rings. The van der Waals surface area contributed by atoms with Crippen molar-refractivity contribution in [3.8, 4) is 5.75 Å². The zero-order chi connectivity index (χ0) is 16.8. The first-order chi connectivity index (χ1) is 11.7. The van der Waals surface area contributed by atoms with Gasteiger partial charge in [-0.15, -0.1) is 0 Å². The van der Waals surface area contributed by atoms with Gasteiger partial charge in [-0.3, -0.25) is 0 Å². The fraction of sp³-hybridized carbons (Fsp3) is 0.700. The average Bonchev–Trinajstić information content (AvgIpc) is 2.64. The Morgan fingerprint density at radius 3 is 2.42 bits per heavy atom. The standard InChI is InChI=1S/C20H32N2O2/c1-24-18-7-5-17(6-8-18)19(20(23)10-3-2-4-11-20)9-14-22-15-12-21-13-16-22/h5-8,19,21,23H,2-4,9-16H2,1H3. The summed E-state index contributed by atoms with van der Waals surface area (Å²) >= 11 is 0. The Labute approximate surface area is 146 Å². The quantitative estimate of drug-likeness (QED) is 0.841. The van der Waals surface area contributed by atoms with E-state index in [1.165, 1.54) is 12.0 Å². The Kier molecular flexibility index (Phi) is 6.14. The smallest absolute Gasteiger partial charge is 0.118 e. The van der Waals surface area contributed by atoms with Gasteiger partial charge in [0.15, 0.2) is 0 Å². The Hall–Kier alpha value is -1.10. The molecule has 1 atom stereocenters. The molecule has 2 fully saturated rings. The van der Waals surface area contributed by atoms with Gasteiger partial charge in [0.25, 0.3) is 0 Å². The molecule has 2 N–H and O–H groups in total. The van der Waals surface area contributed by atoms with Crippen LogP contribution in [-0.4, -0.2) is 55.4 Å². The lowest BCUT2D eigenvalue weighted by Crippen LogP contribution is -2.45. The third-order valence-corrected chi connectivity index (χ3v) is 5.83. The Morgan fingerprint density at radius 1 is 1.12 bits per heavy atom. The minimum atomic E-state index is -0.541. The number of nitrogens with one attached hydrogen (secondary N) is 1. The fourth-order valence-electron chi connectivity index (χ4n) is 4.34. The molecular weight excluding hydrogens is 300 g/mol. The van der Waals surface area contributed by atoms with E-state index < -0.39 is 5.60 Å². The molecule has 1 saturated heterocycles.